The summed E-state index contributed by atoms with van der Waals surface area (Å²) < 4.78 is 5.55. The van der Waals surface area contributed by atoms with E-state index in [1.807, 2.05) is 12.1 Å². The molecule has 0 aliphatic heterocycles. The first-order valence-electron chi connectivity index (χ1n) is 6.64. The second-order valence-corrected chi connectivity index (χ2v) is 4.83. The monoisotopic (exact) mass is 249 g/mol. The lowest BCUT2D eigenvalue weighted by molar-refractivity contribution is 0.0949. The van der Waals surface area contributed by atoms with Gasteiger partial charge in [0.15, 0.2) is 0 Å². The van der Waals surface area contributed by atoms with Crippen molar-refractivity contribution < 1.29 is 9.53 Å². The highest BCUT2D eigenvalue weighted by molar-refractivity contribution is 5.94. The zero-order valence-corrected chi connectivity index (χ0v) is 11.5. The summed E-state index contributed by atoms with van der Waals surface area (Å²) in [7, 11) is 0. The van der Waals surface area contributed by atoms with Crippen LogP contribution in [-0.4, -0.2) is 19.1 Å². The van der Waals surface area contributed by atoms with Crippen LogP contribution in [0.5, 0.6) is 5.75 Å². The Morgan fingerprint density at radius 2 is 1.94 bits per heavy atom. The molecule has 0 atom stereocenters. The van der Waals surface area contributed by atoms with Gasteiger partial charge in [0.05, 0.1) is 6.61 Å². The molecule has 0 bridgehead atoms. The van der Waals surface area contributed by atoms with Crippen LogP contribution in [0.1, 0.15) is 44.0 Å². The highest BCUT2D eigenvalue weighted by Crippen LogP contribution is 2.12. The molecule has 0 aliphatic rings. The highest BCUT2D eigenvalue weighted by atomic mass is 16.5. The fraction of sp³-hybridized carbons (Fsp3) is 0.533. The largest absolute Gasteiger partial charge is 0.494 e. The van der Waals surface area contributed by atoms with Crippen LogP contribution >= 0.6 is 0 Å². The predicted octanol–water partition coefficient (Wildman–Crippen LogP) is 3.25. The Hall–Kier alpha value is -1.51. The fourth-order valence-electron chi connectivity index (χ4n) is 1.44. The van der Waals surface area contributed by atoms with E-state index < -0.39 is 0 Å². The van der Waals surface area contributed by atoms with Gasteiger partial charge in [-0.2, -0.15) is 0 Å². The molecule has 3 heteroatoms. The molecule has 0 saturated carbocycles. The van der Waals surface area contributed by atoms with Gasteiger partial charge in [0.1, 0.15) is 5.75 Å². The molecule has 0 fully saturated rings. The minimum absolute atomic E-state index is 0.0243. The Kier molecular flexibility index (Phi) is 6.26. The van der Waals surface area contributed by atoms with Crippen molar-refractivity contribution in [3.63, 3.8) is 0 Å². The van der Waals surface area contributed by atoms with Gasteiger partial charge >= 0.3 is 0 Å². The van der Waals surface area contributed by atoms with Crippen molar-refractivity contribution >= 4 is 5.91 Å². The fourth-order valence-corrected chi connectivity index (χ4v) is 1.44. The number of ether oxygens (including phenoxy) is 1. The van der Waals surface area contributed by atoms with E-state index >= 15 is 0 Å². The van der Waals surface area contributed by atoms with Gasteiger partial charge in [-0.25, -0.2) is 0 Å². The van der Waals surface area contributed by atoms with Crippen LogP contribution < -0.4 is 10.1 Å². The van der Waals surface area contributed by atoms with Crippen molar-refractivity contribution in [2.45, 2.75) is 33.6 Å². The molecule has 1 N–H and O–H groups in total. The average molecular weight is 249 g/mol. The lowest BCUT2D eigenvalue weighted by atomic mass is 10.2. The lowest BCUT2D eigenvalue weighted by Crippen LogP contribution is -2.27. The van der Waals surface area contributed by atoms with E-state index in [0.29, 0.717) is 18.0 Å². The van der Waals surface area contributed by atoms with E-state index in [9.17, 15) is 4.79 Å². The molecule has 1 aromatic carbocycles. The number of nitrogens with one attached hydrogen (secondary N) is 1. The molecular formula is C15H23NO2. The number of amides is 1. The summed E-state index contributed by atoms with van der Waals surface area (Å²) in [6.45, 7) is 7.71. The quantitative estimate of drug-likeness (QED) is 0.753. The van der Waals surface area contributed by atoms with Crippen LogP contribution in [0.4, 0.5) is 0 Å². The number of hydrogen-bond donors (Lipinski definition) is 1. The molecule has 0 aromatic heterocycles. The Morgan fingerprint density at radius 1 is 1.28 bits per heavy atom. The van der Waals surface area contributed by atoms with E-state index in [4.69, 9.17) is 4.74 Å². The van der Waals surface area contributed by atoms with Crippen molar-refractivity contribution in [3.05, 3.63) is 29.8 Å². The molecular weight excluding hydrogens is 226 g/mol. The Labute approximate surface area is 110 Å². The Bertz CT molecular complexity index is 357. The normalized spacial score (nSPS) is 10.4. The second-order valence-electron chi connectivity index (χ2n) is 4.83. The van der Waals surface area contributed by atoms with Gasteiger partial charge in [-0.05, 0) is 36.6 Å². The van der Waals surface area contributed by atoms with Gasteiger partial charge in [-0.15, -0.1) is 0 Å². The van der Waals surface area contributed by atoms with Crippen molar-refractivity contribution in [1.29, 1.82) is 0 Å². The number of hydrogen-bond acceptors (Lipinski definition) is 2. The molecule has 0 spiro atoms. The zero-order valence-electron chi connectivity index (χ0n) is 11.5. The van der Waals surface area contributed by atoms with Crippen LogP contribution in [0.2, 0.25) is 0 Å². The molecule has 0 saturated heterocycles. The number of carbonyl (C=O) groups excluding carboxylic acids is 1. The SMILES string of the molecule is CCCCOc1ccc(C(=O)NCC(C)C)cc1. The maximum absolute atomic E-state index is 11.8. The van der Waals surface area contributed by atoms with Crippen LogP contribution in [-0.2, 0) is 0 Å². The Morgan fingerprint density at radius 3 is 2.50 bits per heavy atom. The lowest BCUT2D eigenvalue weighted by Gasteiger charge is -2.09. The van der Waals surface area contributed by atoms with Gasteiger partial charge in [-0.3, -0.25) is 4.79 Å². The second kappa shape index (κ2) is 7.75. The third-order valence-corrected chi connectivity index (χ3v) is 2.55. The average Bonchev–Trinajstić information content (AvgIpc) is 2.37. The van der Waals surface area contributed by atoms with Crippen LogP contribution in [0.3, 0.4) is 0 Å². The van der Waals surface area contributed by atoms with Gasteiger partial charge < -0.3 is 10.1 Å². The van der Waals surface area contributed by atoms with E-state index in [-0.39, 0.29) is 5.91 Å². The maximum atomic E-state index is 11.8. The first-order chi connectivity index (χ1) is 8.63. The highest BCUT2D eigenvalue weighted by Gasteiger charge is 2.05. The minimum Gasteiger partial charge on any atom is -0.494 e. The van der Waals surface area contributed by atoms with Crippen LogP contribution in [0.25, 0.3) is 0 Å². The topological polar surface area (TPSA) is 38.3 Å². The standard InChI is InChI=1S/C15H23NO2/c1-4-5-10-18-14-8-6-13(7-9-14)15(17)16-11-12(2)3/h6-9,12H,4-5,10-11H2,1-3H3,(H,16,17). The van der Waals surface area contributed by atoms with Crippen LogP contribution in [0, 0.1) is 5.92 Å². The molecule has 0 unspecified atom stereocenters. The summed E-state index contributed by atoms with van der Waals surface area (Å²) in [4.78, 5) is 11.8. The first-order valence-corrected chi connectivity index (χ1v) is 6.64. The maximum Gasteiger partial charge on any atom is 0.251 e. The zero-order chi connectivity index (χ0) is 13.4. The smallest absolute Gasteiger partial charge is 0.251 e. The van der Waals surface area contributed by atoms with Crippen LogP contribution in [0.15, 0.2) is 24.3 Å². The minimum atomic E-state index is -0.0243. The van der Waals surface area contributed by atoms with Gasteiger partial charge in [0, 0.05) is 12.1 Å². The molecule has 0 aliphatic carbocycles. The van der Waals surface area contributed by atoms with E-state index in [1.54, 1.807) is 12.1 Å². The molecule has 100 valence electrons. The van der Waals surface area contributed by atoms with Gasteiger partial charge in [-0.1, -0.05) is 27.2 Å². The summed E-state index contributed by atoms with van der Waals surface area (Å²) in [5.41, 5.74) is 0.679. The van der Waals surface area contributed by atoms with E-state index in [2.05, 4.69) is 26.1 Å². The third kappa shape index (κ3) is 5.21. The third-order valence-electron chi connectivity index (χ3n) is 2.55. The van der Waals surface area contributed by atoms with E-state index in [1.165, 1.54) is 0 Å². The number of unbranched alkanes of at least 4 members (excludes halogenated alkanes) is 1. The molecule has 0 radical (unpaired) electrons. The van der Waals surface area contributed by atoms with Crippen molar-refractivity contribution in [2.24, 2.45) is 5.92 Å². The first kappa shape index (κ1) is 14.6. The number of carbonyl (C=O) groups is 1. The number of rotatable bonds is 7. The number of benzene rings is 1. The Balaban J connectivity index is 2.46. The summed E-state index contributed by atoms with van der Waals surface area (Å²) in [5, 5.41) is 2.89. The predicted molar refractivity (Wildman–Crippen MR) is 74.0 cm³/mol. The van der Waals surface area contributed by atoms with Gasteiger partial charge in [0.2, 0.25) is 0 Å². The van der Waals surface area contributed by atoms with E-state index in [0.717, 1.165) is 25.2 Å². The summed E-state index contributed by atoms with van der Waals surface area (Å²) in [5.74, 6) is 1.26. The molecule has 18 heavy (non-hydrogen) atoms. The molecule has 1 aromatic rings. The molecule has 1 amide bonds. The van der Waals surface area contributed by atoms with Crippen molar-refractivity contribution in [2.75, 3.05) is 13.2 Å². The molecule has 0 heterocycles. The van der Waals surface area contributed by atoms with Gasteiger partial charge in [0.25, 0.3) is 5.91 Å². The molecule has 3 nitrogen and oxygen atoms in total. The van der Waals surface area contributed by atoms with Crippen molar-refractivity contribution in [1.82, 2.24) is 5.32 Å². The van der Waals surface area contributed by atoms with Crippen molar-refractivity contribution in [3.8, 4) is 5.75 Å². The summed E-state index contributed by atoms with van der Waals surface area (Å²) >= 11 is 0. The molecule has 1 rings (SSSR count). The summed E-state index contributed by atoms with van der Waals surface area (Å²) in [6, 6.07) is 7.30. The summed E-state index contributed by atoms with van der Waals surface area (Å²) in [6.07, 6.45) is 2.17.